The molecule has 5 nitrogen and oxygen atoms in total. The van der Waals surface area contributed by atoms with Gasteiger partial charge >= 0.3 is 0 Å². The van der Waals surface area contributed by atoms with Gasteiger partial charge in [0, 0.05) is 29.8 Å². The van der Waals surface area contributed by atoms with E-state index in [1.54, 1.807) is 6.20 Å². The van der Waals surface area contributed by atoms with Crippen LogP contribution in [0.4, 0.5) is 5.13 Å². The summed E-state index contributed by atoms with van der Waals surface area (Å²) >= 11 is 7.51. The van der Waals surface area contributed by atoms with E-state index in [1.165, 1.54) is 24.4 Å². The molecule has 0 N–H and O–H groups in total. The van der Waals surface area contributed by atoms with Crippen LogP contribution in [0.15, 0.2) is 12.4 Å². The van der Waals surface area contributed by atoms with Crippen molar-refractivity contribution < 1.29 is 0 Å². The smallest absolute Gasteiger partial charge is 0.205 e. The second kappa shape index (κ2) is 4.70. The van der Waals surface area contributed by atoms with Crippen LogP contribution >= 0.6 is 23.1 Å². The minimum Gasteiger partial charge on any atom is -0.341 e. The van der Waals surface area contributed by atoms with Crippen LogP contribution < -0.4 is 4.90 Å². The molecular weight excluding hydrogens is 294 g/mol. The summed E-state index contributed by atoms with van der Waals surface area (Å²) in [4.78, 5) is 7.06. The zero-order valence-corrected chi connectivity index (χ0v) is 12.8. The fraction of sp³-hybridized carbons (Fsp3) is 0.615. The molecule has 4 heterocycles. The number of nitrogens with zero attached hydrogens (tertiary/aromatic N) is 5. The molecule has 0 aromatic carbocycles. The number of rotatable bonds is 2. The van der Waals surface area contributed by atoms with Crippen LogP contribution in [0.25, 0.3) is 0 Å². The maximum Gasteiger partial charge on any atom is 0.205 e. The zero-order valence-electron chi connectivity index (χ0n) is 11.2. The highest BCUT2D eigenvalue weighted by atomic mass is 35.5. The number of piperidine rings is 1. The molecule has 2 aromatic heterocycles. The van der Waals surface area contributed by atoms with E-state index in [4.69, 9.17) is 11.6 Å². The minimum absolute atomic E-state index is 0.463. The number of aromatic nitrogens is 4. The highest BCUT2D eigenvalue weighted by molar-refractivity contribution is 7.09. The number of halogens is 1. The molecule has 4 rings (SSSR count). The van der Waals surface area contributed by atoms with Gasteiger partial charge in [-0.15, -0.1) is 0 Å². The van der Waals surface area contributed by atoms with E-state index >= 15 is 0 Å². The van der Waals surface area contributed by atoms with E-state index < -0.39 is 0 Å². The molecule has 2 saturated heterocycles. The first-order chi connectivity index (χ1) is 9.70. The lowest BCUT2D eigenvalue weighted by molar-refractivity contribution is 0.314. The molecule has 2 unspecified atom stereocenters. The van der Waals surface area contributed by atoms with Crippen molar-refractivity contribution in [3.63, 3.8) is 0 Å². The fourth-order valence-corrected chi connectivity index (χ4v) is 4.55. The van der Waals surface area contributed by atoms with E-state index in [-0.39, 0.29) is 0 Å². The Morgan fingerprint density at radius 1 is 1.25 bits per heavy atom. The van der Waals surface area contributed by atoms with Gasteiger partial charge in [0.05, 0.1) is 17.3 Å². The lowest BCUT2D eigenvalue weighted by atomic mass is 9.98. The summed E-state index contributed by atoms with van der Waals surface area (Å²) in [5, 5.41) is 6.19. The molecule has 0 spiro atoms. The van der Waals surface area contributed by atoms with Gasteiger partial charge in [0.2, 0.25) is 5.13 Å². The minimum atomic E-state index is 0.463. The Bertz CT molecular complexity index is 610. The van der Waals surface area contributed by atoms with E-state index in [0.717, 1.165) is 28.8 Å². The van der Waals surface area contributed by atoms with Gasteiger partial charge in [-0.2, -0.15) is 9.47 Å². The number of aryl methyl sites for hydroxylation is 1. The zero-order chi connectivity index (χ0) is 13.7. The molecule has 20 heavy (non-hydrogen) atoms. The van der Waals surface area contributed by atoms with Crippen molar-refractivity contribution in [3.05, 3.63) is 23.2 Å². The summed E-state index contributed by atoms with van der Waals surface area (Å²) in [6.07, 6.45) is 8.39. The van der Waals surface area contributed by atoms with Gasteiger partial charge < -0.3 is 4.90 Å². The average molecular weight is 310 g/mol. The highest BCUT2D eigenvalue weighted by Gasteiger charge is 2.42. The van der Waals surface area contributed by atoms with Crippen LogP contribution in [0.5, 0.6) is 0 Å². The third kappa shape index (κ3) is 2.02. The van der Waals surface area contributed by atoms with Gasteiger partial charge in [0.25, 0.3) is 0 Å². The molecule has 2 atom stereocenters. The Labute approximate surface area is 126 Å². The number of fused-ring (bicyclic) bond motifs is 2. The summed E-state index contributed by atoms with van der Waals surface area (Å²) in [5.74, 6) is 0.880. The normalized spacial score (nSPS) is 29.1. The topological polar surface area (TPSA) is 46.8 Å². The molecule has 2 aliphatic heterocycles. The Kier molecular flexibility index (Phi) is 2.96. The van der Waals surface area contributed by atoms with Gasteiger partial charge in [-0.25, -0.2) is 4.98 Å². The van der Waals surface area contributed by atoms with E-state index in [1.807, 2.05) is 17.8 Å². The highest BCUT2D eigenvalue weighted by Crippen LogP contribution is 2.43. The molecule has 106 valence electrons. The molecular formula is C13H16ClN5S. The van der Waals surface area contributed by atoms with Crippen LogP contribution in [-0.2, 0) is 0 Å². The van der Waals surface area contributed by atoms with Crippen molar-refractivity contribution in [1.82, 2.24) is 19.1 Å². The molecule has 0 aliphatic carbocycles. The van der Waals surface area contributed by atoms with Crippen molar-refractivity contribution in [2.24, 2.45) is 0 Å². The average Bonchev–Trinajstić information content (AvgIpc) is 3.09. The van der Waals surface area contributed by atoms with Crippen LogP contribution in [0.1, 0.15) is 37.5 Å². The summed E-state index contributed by atoms with van der Waals surface area (Å²) in [7, 11) is 0. The van der Waals surface area contributed by atoms with E-state index in [0.29, 0.717) is 18.1 Å². The van der Waals surface area contributed by atoms with Crippen molar-refractivity contribution in [2.75, 3.05) is 4.90 Å². The third-order valence-electron chi connectivity index (χ3n) is 4.39. The van der Waals surface area contributed by atoms with Crippen molar-refractivity contribution >= 4 is 28.3 Å². The lowest BCUT2D eigenvalue weighted by Crippen LogP contribution is -2.43. The van der Waals surface area contributed by atoms with Crippen LogP contribution in [-0.4, -0.2) is 31.2 Å². The SMILES string of the molecule is Cc1nsc(N2C3CCC2CC(n2cc(Cl)cn2)C3)n1. The van der Waals surface area contributed by atoms with Crippen LogP contribution in [0.3, 0.4) is 0 Å². The van der Waals surface area contributed by atoms with Crippen molar-refractivity contribution in [2.45, 2.75) is 50.7 Å². The fourth-order valence-electron chi connectivity index (χ4n) is 3.58. The summed E-state index contributed by atoms with van der Waals surface area (Å²) in [6.45, 7) is 1.96. The van der Waals surface area contributed by atoms with Crippen molar-refractivity contribution in [3.8, 4) is 0 Å². The van der Waals surface area contributed by atoms with Gasteiger partial charge in [-0.1, -0.05) is 11.6 Å². The second-order valence-electron chi connectivity index (χ2n) is 5.68. The summed E-state index contributed by atoms with van der Waals surface area (Å²) < 4.78 is 6.36. The number of hydrogen-bond acceptors (Lipinski definition) is 5. The Morgan fingerprint density at radius 2 is 2.00 bits per heavy atom. The summed E-state index contributed by atoms with van der Waals surface area (Å²) in [5.41, 5.74) is 0. The monoisotopic (exact) mass is 309 g/mol. The Balaban J connectivity index is 1.58. The molecule has 2 aromatic rings. The molecule has 0 amide bonds. The largest absolute Gasteiger partial charge is 0.341 e. The Morgan fingerprint density at radius 3 is 2.55 bits per heavy atom. The molecule has 0 radical (unpaired) electrons. The van der Waals surface area contributed by atoms with E-state index in [2.05, 4.69) is 19.4 Å². The summed E-state index contributed by atoms with van der Waals surface area (Å²) in [6, 6.07) is 1.59. The van der Waals surface area contributed by atoms with Gasteiger partial charge in [-0.05, 0) is 32.6 Å². The Hall–Kier alpha value is -1.14. The standard InChI is InChI=1S/C13H16ClN5S/c1-8-16-13(20-17-8)19-10-2-3-11(19)5-12(4-10)18-7-9(14)6-15-18/h6-7,10-12H,2-5H2,1H3. The predicted octanol–water partition coefficient (Wildman–Crippen LogP) is 3.07. The van der Waals surface area contributed by atoms with Gasteiger partial charge in [0.1, 0.15) is 5.82 Å². The predicted molar refractivity (Wildman–Crippen MR) is 79.4 cm³/mol. The van der Waals surface area contributed by atoms with Gasteiger partial charge in [0.15, 0.2) is 0 Å². The molecule has 7 heteroatoms. The molecule has 2 fully saturated rings. The molecule has 2 bridgehead atoms. The van der Waals surface area contributed by atoms with E-state index in [9.17, 15) is 0 Å². The third-order valence-corrected chi connectivity index (χ3v) is 5.41. The molecule has 0 saturated carbocycles. The number of hydrogen-bond donors (Lipinski definition) is 0. The first-order valence-corrected chi connectivity index (χ1v) is 8.14. The first-order valence-electron chi connectivity index (χ1n) is 6.99. The quantitative estimate of drug-likeness (QED) is 0.855. The van der Waals surface area contributed by atoms with Crippen molar-refractivity contribution in [1.29, 1.82) is 0 Å². The number of anilines is 1. The first kappa shape index (κ1) is 12.6. The molecule has 2 aliphatic rings. The van der Waals surface area contributed by atoms with Crippen LogP contribution in [0, 0.1) is 6.92 Å². The lowest BCUT2D eigenvalue weighted by Gasteiger charge is -2.38. The maximum absolute atomic E-state index is 5.98. The maximum atomic E-state index is 5.98. The second-order valence-corrected chi connectivity index (χ2v) is 6.85. The van der Waals surface area contributed by atoms with Gasteiger partial charge in [-0.3, -0.25) is 4.68 Å². The van der Waals surface area contributed by atoms with Crippen LogP contribution in [0.2, 0.25) is 5.02 Å².